The van der Waals surface area contributed by atoms with Gasteiger partial charge in [0.25, 0.3) is 0 Å². The number of piperidine rings is 1. The van der Waals surface area contributed by atoms with Crippen LogP contribution in [0.5, 0.6) is 0 Å². The van der Waals surface area contributed by atoms with E-state index in [0.717, 1.165) is 50.6 Å². The number of hydrogen-bond donors (Lipinski definition) is 0. The van der Waals surface area contributed by atoms with Crippen LogP contribution in [-0.2, 0) is 0 Å². The van der Waals surface area contributed by atoms with Crippen LogP contribution in [0, 0.1) is 0 Å². The molecule has 27 heavy (non-hydrogen) atoms. The summed E-state index contributed by atoms with van der Waals surface area (Å²) in [6.45, 7) is 6.52. The maximum atomic E-state index is 4.83. The van der Waals surface area contributed by atoms with E-state index in [2.05, 4.69) is 48.9 Å². The Bertz CT molecular complexity index is 849. The SMILES string of the molecule is c1ccc2sc(N3CCC(N4CCN(c5cnccn5)CC4)CC3)nc2c1. The molecular formula is C20H24N6S. The first kappa shape index (κ1) is 16.9. The number of piperazine rings is 1. The average Bonchev–Trinajstić information content (AvgIpc) is 3.19. The highest BCUT2D eigenvalue weighted by molar-refractivity contribution is 7.22. The van der Waals surface area contributed by atoms with E-state index >= 15 is 0 Å². The second-order valence-electron chi connectivity index (χ2n) is 7.27. The van der Waals surface area contributed by atoms with Crippen molar-refractivity contribution >= 4 is 32.5 Å². The summed E-state index contributed by atoms with van der Waals surface area (Å²) in [4.78, 5) is 20.9. The number of benzene rings is 1. The summed E-state index contributed by atoms with van der Waals surface area (Å²) in [6, 6.07) is 9.13. The molecule has 0 spiro atoms. The minimum absolute atomic E-state index is 0.694. The number of thiazole rings is 1. The van der Waals surface area contributed by atoms with Gasteiger partial charge in [0, 0.05) is 57.7 Å². The maximum Gasteiger partial charge on any atom is 0.186 e. The fourth-order valence-electron chi connectivity index (χ4n) is 4.19. The zero-order valence-electron chi connectivity index (χ0n) is 15.4. The largest absolute Gasteiger partial charge is 0.353 e. The van der Waals surface area contributed by atoms with Crippen molar-refractivity contribution in [2.75, 3.05) is 49.1 Å². The number of hydrogen-bond acceptors (Lipinski definition) is 7. The van der Waals surface area contributed by atoms with Crippen LogP contribution < -0.4 is 9.80 Å². The quantitative estimate of drug-likeness (QED) is 0.696. The number of aromatic nitrogens is 3. The molecule has 3 aromatic rings. The van der Waals surface area contributed by atoms with Gasteiger partial charge in [-0.1, -0.05) is 23.5 Å². The standard InChI is InChI=1S/C20H24N6S/c1-2-4-18-17(3-1)23-20(27-18)26-9-5-16(6-10-26)24-11-13-25(14-12-24)19-15-21-7-8-22-19/h1-4,7-8,15-16H,5-6,9-14H2. The van der Waals surface area contributed by atoms with Crippen LogP contribution in [0.25, 0.3) is 10.2 Å². The molecule has 2 aliphatic heterocycles. The van der Waals surface area contributed by atoms with Gasteiger partial charge >= 0.3 is 0 Å². The van der Waals surface area contributed by atoms with E-state index in [1.165, 1.54) is 22.7 Å². The molecule has 2 fully saturated rings. The lowest BCUT2D eigenvalue weighted by Gasteiger charge is -2.43. The lowest BCUT2D eigenvalue weighted by molar-refractivity contribution is 0.159. The predicted octanol–water partition coefficient (Wildman–Crippen LogP) is 2.88. The van der Waals surface area contributed by atoms with E-state index in [1.807, 2.05) is 17.5 Å². The minimum Gasteiger partial charge on any atom is -0.353 e. The molecule has 0 N–H and O–H groups in total. The summed E-state index contributed by atoms with van der Waals surface area (Å²) in [6.07, 6.45) is 7.83. The molecule has 1 aromatic carbocycles. The molecule has 6 nitrogen and oxygen atoms in total. The lowest BCUT2D eigenvalue weighted by Crippen LogP contribution is -2.53. The Labute approximate surface area is 163 Å². The molecule has 4 heterocycles. The van der Waals surface area contributed by atoms with Crippen molar-refractivity contribution in [3.05, 3.63) is 42.9 Å². The smallest absolute Gasteiger partial charge is 0.186 e. The van der Waals surface area contributed by atoms with Crippen LogP contribution in [0.4, 0.5) is 10.9 Å². The lowest BCUT2D eigenvalue weighted by atomic mass is 10.0. The second-order valence-corrected chi connectivity index (χ2v) is 8.28. The Morgan fingerprint density at radius 1 is 0.889 bits per heavy atom. The van der Waals surface area contributed by atoms with Gasteiger partial charge in [-0.2, -0.15) is 0 Å². The molecule has 0 aliphatic carbocycles. The molecule has 0 unspecified atom stereocenters. The summed E-state index contributed by atoms with van der Waals surface area (Å²) in [5, 5.41) is 1.18. The van der Waals surface area contributed by atoms with E-state index < -0.39 is 0 Å². The van der Waals surface area contributed by atoms with E-state index in [4.69, 9.17) is 4.98 Å². The first-order chi connectivity index (χ1) is 13.4. The Balaban J connectivity index is 1.16. The molecule has 0 radical (unpaired) electrons. The van der Waals surface area contributed by atoms with Crippen molar-refractivity contribution in [2.24, 2.45) is 0 Å². The van der Waals surface area contributed by atoms with Crippen molar-refractivity contribution in [1.29, 1.82) is 0 Å². The molecule has 0 atom stereocenters. The van der Waals surface area contributed by atoms with Crippen LogP contribution >= 0.6 is 11.3 Å². The number of fused-ring (bicyclic) bond motifs is 1. The molecule has 0 bridgehead atoms. The van der Waals surface area contributed by atoms with Crippen molar-refractivity contribution in [3.63, 3.8) is 0 Å². The van der Waals surface area contributed by atoms with Gasteiger partial charge in [-0.15, -0.1) is 0 Å². The fraction of sp³-hybridized carbons (Fsp3) is 0.450. The van der Waals surface area contributed by atoms with E-state index in [-0.39, 0.29) is 0 Å². The number of para-hydroxylation sites is 1. The van der Waals surface area contributed by atoms with Crippen LogP contribution in [-0.4, -0.2) is 65.2 Å². The normalized spacial score (nSPS) is 19.7. The Hall–Kier alpha value is -2.25. The third kappa shape index (κ3) is 3.49. The molecular weight excluding hydrogens is 356 g/mol. The third-order valence-electron chi connectivity index (χ3n) is 5.72. The van der Waals surface area contributed by atoms with E-state index in [9.17, 15) is 0 Å². The zero-order valence-corrected chi connectivity index (χ0v) is 16.2. The molecule has 0 amide bonds. The fourth-order valence-corrected chi connectivity index (χ4v) is 5.21. The molecule has 2 aromatic heterocycles. The molecule has 2 aliphatic rings. The van der Waals surface area contributed by atoms with Crippen LogP contribution in [0.1, 0.15) is 12.8 Å². The highest BCUT2D eigenvalue weighted by Crippen LogP contribution is 2.31. The number of anilines is 2. The second kappa shape index (κ2) is 7.40. The summed E-state index contributed by atoms with van der Waals surface area (Å²) >= 11 is 1.82. The van der Waals surface area contributed by atoms with Gasteiger partial charge in [0.05, 0.1) is 16.4 Å². The Kier molecular flexibility index (Phi) is 4.63. The van der Waals surface area contributed by atoms with E-state index in [0.29, 0.717) is 6.04 Å². The maximum absolute atomic E-state index is 4.83. The van der Waals surface area contributed by atoms with Crippen LogP contribution in [0.2, 0.25) is 0 Å². The van der Waals surface area contributed by atoms with Gasteiger partial charge in [-0.25, -0.2) is 9.97 Å². The molecule has 7 heteroatoms. The zero-order chi connectivity index (χ0) is 18.1. The number of nitrogens with zero attached hydrogens (tertiary/aromatic N) is 6. The van der Waals surface area contributed by atoms with Crippen molar-refractivity contribution in [2.45, 2.75) is 18.9 Å². The predicted molar refractivity (Wildman–Crippen MR) is 111 cm³/mol. The molecule has 140 valence electrons. The van der Waals surface area contributed by atoms with E-state index in [1.54, 1.807) is 12.4 Å². The van der Waals surface area contributed by atoms with Gasteiger partial charge in [0.1, 0.15) is 5.82 Å². The number of rotatable bonds is 3. The summed E-state index contributed by atoms with van der Waals surface area (Å²) in [5.41, 5.74) is 1.12. The first-order valence-electron chi connectivity index (χ1n) is 9.72. The molecule has 2 saturated heterocycles. The van der Waals surface area contributed by atoms with Gasteiger partial charge < -0.3 is 9.80 Å². The van der Waals surface area contributed by atoms with Gasteiger partial charge in [0.15, 0.2) is 5.13 Å². The van der Waals surface area contributed by atoms with Crippen molar-refractivity contribution < 1.29 is 0 Å². The monoisotopic (exact) mass is 380 g/mol. The minimum atomic E-state index is 0.694. The topological polar surface area (TPSA) is 48.4 Å². The summed E-state index contributed by atoms with van der Waals surface area (Å²) < 4.78 is 1.29. The highest BCUT2D eigenvalue weighted by Gasteiger charge is 2.28. The van der Waals surface area contributed by atoms with Crippen molar-refractivity contribution in [1.82, 2.24) is 19.9 Å². The Morgan fingerprint density at radius 2 is 1.70 bits per heavy atom. The average molecular weight is 381 g/mol. The third-order valence-corrected chi connectivity index (χ3v) is 6.82. The molecule has 5 rings (SSSR count). The Morgan fingerprint density at radius 3 is 2.44 bits per heavy atom. The summed E-state index contributed by atoms with van der Waals surface area (Å²) in [7, 11) is 0. The highest BCUT2D eigenvalue weighted by atomic mass is 32.1. The van der Waals surface area contributed by atoms with Crippen LogP contribution in [0.15, 0.2) is 42.9 Å². The van der Waals surface area contributed by atoms with Crippen molar-refractivity contribution in [3.8, 4) is 0 Å². The van der Waals surface area contributed by atoms with Gasteiger partial charge in [0.2, 0.25) is 0 Å². The van der Waals surface area contributed by atoms with Crippen LogP contribution in [0.3, 0.4) is 0 Å². The van der Waals surface area contributed by atoms with Gasteiger partial charge in [-0.3, -0.25) is 9.88 Å². The van der Waals surface area contributed by atoms with Gasteiger partial charge in [-0.05, 0) is 25.0 Å². The first-order valence-corrected chi connectivity index (χ1v) is 10.5. The molecule has 0 saturated carbocycles. The summed E-state index contributed by atoms with van der Waals surface area (Å²) in [5.74, 6) is 1.00.